The number of carbonyl (C=O) groups excluding carboxylic acids is 2. The molecule has 0 spiro atoms. The molecule has 0 aliphatic carbocycles. The second kappa shape index (κ2) is 8.15. The normalized spacial score (nSPS) is 16.6. The van der Waals surface area contributed by atoms with Gasteiger partial charge in [-0.3, -0.25) is 9.59 Å². The van der Waals surface area contributed by atoms with E-state index in [1.807, 2.05) is 19.1 Å². The molecule has 1 aliphatic rings. The summed E-state index contributed by atoms with van der Waals surface area (Å²) in [6.07, 6.45) is 0. The molecule has 1 aliphatic heterocycles. The molecule has 1 heterocycles. The van der Waals surface area contributed by atoms with Crippen LogP contribution < -0.4 is 15.5 Å². The number of nitrogens with one attached hydrogen (secondary N) is 2. The van der Waals surface area contributed by atoms with Gasteiger partial charge < -0.3 is 20.4 Å². The van der Waals surface area contributed by atoms with Crippen molar-refractivity contribution < 1.29 is 9.59 Å². The van der Waals surface area contributed by atoms with Crippen LogP contribution in [0.1, 0.15) is 26.3 Å². The maximum atomic E-state index is 12.1. The molecule has 0 aromatic heterocycles. The molecule has 1 unspecified atom stereocenters. The van der Waals surface area contributed by atoms with E-state index < -0.39 is 6.04 Å². The van der Waals surface area contributed by atoms with Gasteiger partial charge in [-0.25, -0.2) is 0 Å². The highest BCUT2D eigenvalue weighted by Gasteiger charge is 2.18. The molecule has 1 aromatic carbocycles. The van der Waals surface area contributed by atoms with Crippen molar-refractivity contribution in [3.63, 3.8) is 0 Å². The predicted molar refractivity (Wildman–Crippen MR) is 97.4 cm³/mol. The fourth-order valence-electron chi connectivity index (χ4n) is 2.92. The van der Waals surface area contributed by atoms with Crippen molar-refractivity contribution in [3.8, 4) is 0 Å². The van der Waals surface area contributed by atoms with E-state index in [4.69, 9.17) is 0 Å². The van der Waals surface area contributed by atoms with Crippen LogP contribution in [0, 0.1) is 6.92 Å². The maximum absolute atomic E-state index is 12.1. The number of benzene rings is 1. The highest BCUT2D eigenvalue weighted by atomic mass is 16.2. The van der Waals surface area contributed by atoms with E-state index in [1.165, 1.54) is 12.6 Å². The number of anilines is 2. The van der Waals surface area contributed by atoms with Gasteiger partial charge in [-0.1, -0.05) is 6.92 Å². The zero-order valence-corrected chi connectivity index (χ0v) is 15.1. The molecule has 132 valence electrons. The Morgan fingerprint density at radius 1 is 1.21 bits per heavy atom. The van der Waals surface area contributed by atoms with Crippen molar-refractivity contribution in [1.29, 1.82) is 0 Å². The monoisotopic (exact) mass is 332 g/mol. The van der Waals surface area contributed by atoms with Gasteiger partial charge in [0.2, 0.25) is 11.8 Å². The molecule has 1 aromatic rings. The lowest BCUT2D eigenvalue weighted by atomic mass is 10.1. The molecule has 1 fully saturated rings. The first kappa shape index (κ1) is 18.3. The Balaban J connectivity index is 1.99. The van der Waals surface area contributed by atoms with Crippen molar-refractivity contribution in [2.24, 2.45) is 0 Å². The summed E-state index contributed by atoms with van der Waals surface area (Å²) in [6, 6.07) is 5.55. The van der Waals surface area contributed by atoms with Crippen molar-refractivity contribution in [3.05, 3.63) is 23.8 Å². The lowest BCUT2D eigenvalue weighted by Crippen LogP contribution is -2.46. The first-order valence-electron chi connectivity index (χ1n) is 8.56. The van der Waals surface area contributed by atoms with Gasteiger partial charge >= 0.3 is 0 Å². The Morgan fingerprint density at radius 3 is 2.42 bits per heavy atom. The van der Waals surface area contributed by atoms with Crippen LogP contribution >= 0.6 is 0 Å². The molecule has 0 radical (unpaired) electrons. The number of likely N-dealkylation sites (N-methyl/N-ethyl adjacent to an activating group) is 1. The van der Waals surface area contributed by atoms with Gasteiger partial charge in [0.15, 0.2) is 0 Å². The fraction of sp³-hybridized carbons (Fsp3) is 0.556. The first-order chi connectivity index (χ1) is 11.4. The highest BCUT2D eigenvalue weighted by Crippen LogP contribution is 2.24. The summed E-state index contributed by atoms with van der Waals surface area (Å²) in [5, 5.41) is 5.47. The number of amides is 2. The Bertz CT molecular complexity index is 595. The van der Waals surface area contributed by atoms with Crippen molar-refractivity contribution >= 4 is 23.2 Å². The quantitative estimate of drug-likeness (QED) is 0.860. The minimum atomic E-state index is -0.552. The molecule has 6 heteroatoms. The molecular formula is C18H28N4O2. The zero-order chi connectivity index (χ0) is 17.7. The summed E-state index contributed by atoms with van der Waals surface area (Å²) in [5.41, 5.74) is 3.00. The van der Waals surface area contributed by atoms with Crippen LogP contribution in [0.5, 0.6) is 0 Å². The number of rotatable bonds is 5. The van der Waals surface area contributed by atoms with E-state index in [1.54, 1.807) is 6.92 Å². The third kappa shape index (κ3) is 4.71. The van der Waals surface area contributed by atoms with Crippen LogP contribution in [-0.2, 0) is 9.59 Å². The average Bonchev–Trinajstić information content (AvgIpc) is 2.56. The van der Waals surface area contributed by atoms with Crippen LogP contribution in [-0.4, -0.2) is 55.5 Å². The molecule has 24 heavy (non-hydrogen) atoms. The van der Waals surface area contributed by atoms with E-state index in [-0.39, 0.29) is 11.8 Å². The van der Waals surface area contributed by atoms with Crippen molar-refractivity contribution in [2.45, 2.75) is 33.7 Å². The molecule has 0 saturated carbocycles. The fourth-order valence-corrected chi connectivity index (χ4v) is 2.92. The van der Waals surface area contributed by atoms with Crippen LogP contribution in [0.25, 0.3) is 0 Å². The minimum absolute atomic E-state index is 0.211. The Kier molecular flexibility index (Phi) is 6.20. The summed E-state index contributed by atoms with van der Waals surface area (Å²) in [4.78, 5) is 28.0. The second-order valence-electron chi connectivity index (χ2n) is 6.33. The summed E-state index contributed by atoms with van der Waals surface area (Å²) < 4.78 is 0. The van der Waals surface area contributed by atoms with Crippen LogP contribution in [0.4, 0.5) is 11.4 Å². The molecular weight excluding hydrogens is 304 g/mol. The van der Waals surface area contributed by atoms with Crippen LogP contribution in [0.15, 0.2) is 18.2 Å². The van der Waals surface area contributed by atoms with Gasteiger partial charge in [-0.2, -0.15) is 0 Å². The van der Waals surface area contributed by atoms with E-state index >= 15 is 0 Å². The standard InChI is InChI=1S/C18H28N4O2/c1-5-21-8-10-22(11-9-21)16-6-7-17(13(2)12-16)20-18(24)14(3)19-15(4)23/h6-7,12,14H,5,8-11H2,1-4H3,(H,19,23)(H,20,24). The van der Waals surface area contributed by atoms with Gasteiger partial charge in [0.25, 0.3) is 0 Å². The van der Waals surface area contributed by atoms with Crippen molar-refractivity contribution in [2.75, 3.05) is 42.9 Å². The third-order valence-corrected chi connectivity index (χ3v) is 4.47. The summed E-state index contributed by atoms with van der Waals surface area (Å²) in [6.45, 7) is 12.6. The topological polar surface area (TPSA) is 64.7 Å². The first-order valence-corrected chi connectivity index (χ1v) is 8.56. The number of hydrogen-bond acceptors (Lipinski definition) is 4. The Hall–Kier alpha value is -2.08. The number of carbonyl (C=O) groups is 2. The maximum Gasteiger partial charge on any atom is 0.246 e. The number of aryl methyl sites for hydroxylation is 1. The van der Waals surface area contributed by atoms with E-state index in [2.05, 4.69) is 33.4 Å². The minimum Gasteiger partial charge on any atom is -0.369 e. The smallest absolute Gasteiger partial charge is 0.246 e. The van der Waals surface area contributed by atoms with Gasteiger partial charge in [0, 0.05) is 44.5 Å². The average molecular weight is 332 g/mol. The number of piperazine rings is 1. The van der Waals surface area contributed by atoms with Gasteiger partial charge in [0.05, 0.1) is 0 Å². The second-order valence-corrected chi connectivity index (χ2v) is 6.33. The van der Waals surface area contributed by atoms with E-state index in [0.717, 1.165) is 44.0 Å². The lowest BCUT2D eigenvalue weighted by Gasteiger charge is -2.35. The third-order valence-electron chi connectivity index (χ3n) is 4.47. The van der Waals surface area contributed by atoms with Gasteiger partial charge in [-0.05, 0) is 44.2 Å². The molecule has 2 rings (SSSR count). The summed E-state index contributed by atoms with van der Waals surface area (Å²) >= 11 is 0. The molecule has 2 amide bonds. The van der Waals surface area contributed by atoms with Crippen LogP contribution in [0.3, 0.4) is 0 Å². The Labute approximate surface area is 144 Å². The highest BCUT2D eigenvalue weighted by molar-refractivity contribution is 5.97. The SMILES string of the molecule is CCN1CCN(c2ccc(NC(=O)C(C)NC(C)=O)c(C)c2)CC1. The molecule has 2 N–H and O–H groups in total. The van der Waals surface area contributed by atoms with Crippen LogP contribution in [0.2, 0.25) is 0 Å². The van der Waals surface area contributed by atoms with Gasteiger partial charge in [-0.15, -0.1) is 0 Å². The number of hydrogen-bond donors (Lipinski definition) is 2. The number of nitrogens with zero attached hydrogens (tertiary/aromatic N) is 2. The largest absolute Gasteiger partial charge is 0.369 e. The molecule has 0 bridgehead atoms. The molecule has 6 nitrogen and oxygen atoms in total. The lowest BCUT2D eigenvalue weighted by molar-refractivity contribution is -0.124. The Morgan fingerprint density at radius 2 is 1.88 bits per heavy atom. The van der Waals surface area contributed by atoms with E-state index in [0.29, 0.717) is 0 Å². The predicted octanol–water partition coefficient (Wildman–Crippen LogP) is 1.60. The van der Waals surface area contributed by atoms with Gasteiger partial charge in [0.1, 0.15) is 6.04 Å². The zero-order valence-electron chi connectivity index (χ0n) is 15.1. The van der Waals surface area contributed by atoms with E-state index in [9.17, 15) is 9.59 Å². The summed E-state index contributed by atoms with van der Waals surface area (Å²) in [5.74, 6) is -0.423. The van der Waals surface area contributed by atoms with Crippen molar-refractivity contribution in [1.82, 2.24) is 10.2 Å². The summed E-state index contributed by atoms with van der Waals surface area (Å²) in [7, 11) is 0. The molecule has 1 saturated heterocycles. The molecule has 1 atom stereocenters.